The smallest absolute Gasteiger partial charge is 0.0963 e. The Labute approximate surface area is 124 Å². The van der Waals surface area contributed by atoms with Gasteiger partial charge in [-0.1, -0.05) is 13.8 Å². The molecule has 1 aliphatic heterocycles. The fraction of sp³-hybridized carbons (Fsp3) is 0.933. The zero-order valence-corrected chi connectivity index (χ0v) is 13.8. The Balaban J connectivity index is 2.15. The maximum absolute atomic E-state index is 7.58. The number of hydrogen-bond donors (Lipinski definition) is 2. The van der Waals surface area contributed by atoms with E-state index in [9.17, 15) is 0 Å². The highest BCUT2D eigenvalue weighted by molar-refractivity contribution is 5.82. The van der Waals surface area contributed by atoms with Crippen molar-refractivity contribution in [1.82, 2.24) is 14.7 Å². The lowest BCUT2D eigenvalue weighted by Crippen LogP contribution is -2.48. The summed E-state index contributed by atoms with van der Waals surface area (Å²) in [6.07, 6.45) is 2.13. The van der Waals surface area contributed by atoms with Gasteiger partial charge in [0.2, 0.25) is 0 Å². The van der Waals surface area contributed by atoms with Crippen LogP contribution in [0.4, 0.5) is 0 Å². The summed E-state index contributed by atoms with van der Waals surface area (Å²) in [6.45, 7) is 12.3. The fourth-order valence-corrected chi connectivity index (χ4v) is 2.46. The lowest BCUT2D eigenvalue weighted by molar-refractivity contribution is 0.122. The minimum atomic E-state index is -0.145. The average Bonchev–Trinajstić information content (AvgIpc) is 2.37. The van der Waals surface area contributed by atoms with E-state index < -0.39 is 0 Å². The maximum Gasteiger partial charge on any atom is 0.0963 e. The molecule has 1 saturated heterocycles. The van der Waals surface area contributed by atoms with E-state index in [2.05, 4.69) is 42.6 Å². The highest BCUT2D eigenvalue weighted by atomic mass is 15.3. The second-order valence-corrected chi connectivity index (χ2v) is 6.89. The van der Waals surface area contributed by atoms with Gasteiger partial charge in [-0.15, -0.1) is 0 Å². The molecule has 0 aliphatic carbocycles. The third kappa shape index (κ3) is 6.20. The molecule has 0 radical (unpaired) electrons. The summed E-state index contributed by atoms with van der Waals surface area (Å²) in [6, 6.07) is 0. The van der Waals surface area contributed by atoms with E-state index in [0.29, 0.717) is 5.84 Å². The zero-order chi connectivity index (χ0) is 15.2. The van der Waals surface area contributed by atoms with Crippen molar-refractivity contribution < 1.29 is 0 Å². The third-order valence-electron chi connectivity index (χ3n) is 4.33. The topological polar surface area (TPSA) is 59.6 Å². The number of hydrogen-bond acceptors (Lipinski definition) is 4. The molecule has 0 unspecified atom stereocenters. The van der Waals surface area contributed by atoms with E-state index in [1.807, 2.05) is 0 Å². The first-order chi connectivity index (χ1) is 9.31. The van der Waals surface area contributed by atoms with Gasteiger partial charge < -0.3 is 15.5 Å². The van der Waals surface area contributed by atoms with Crippen molar-refractivity contribution in [2.45, 2.75) is 26.7 Å². The minimum absolute atomic E-state index is 0.145. The molecule has 0 aromatic carbocycles. The maximum atomic E-state index is 7.58. The molecule has 0 saturated carbocycles. The van der Waals surface area contributed by atoms with Crippen LogP contribution < -0.4 is 5.73 Å². The van der Waals surface area contributed by atoms with Crippen molar-refractivity contribution in [2.24, 2.45) is 11.1 Å². The largest absolute Gasteiger partial charge is 0.387 e. The van der Waals surface area contributed by atoms with Crippen molar-refractivity contribution in [1.29, 1.82) is 5.41 Å². The number of rotatable bonds is 8. The van der Waals surface area contributed by atoms with Crippen LogP contribution in [-0.4, -0.2) is 80.4 Å². The second-order valence-electron chi connectivity index (χ2n) is 6.89. The Bertz CT molecular complexity index is 293. The molecular formula is C15H33N5. The molecule has 0 spiro atoms. The SMILES string of the molecule is CN(C)CCN1CCN(CCCC(C)(C)C(=N)N)CC1. The molecule has 1 heterocycles. The number of piperazine rings is 1. The minimum Gasteiger partial charge on any atom is -0.387 e. The van der Waals surface area contributed by atoms with Gasteiger partial charge in [0.05, 0.1) is 5.84 Å². The lowest BCUT2D eigenvalue weighted by atomic mass is 9.86. The highest BCUT2D eigenvalue weighted by Crippen LogP contribution is 2.21. The Hall–Kier alpha value is -0.650. The molecule has 5 heteroatoms. The van der Waals surface area contributed by atoms with Crippen LogP contribution in [0, 0.1) is 10.8 Å². The van der Waals surface area contributed by atoms with Gasteiger partial charge >= 0.3 is 0 Å². The molecule has 1 aliphatic rings. The second kappa shape index (κ2) is 7.96. The first-order valence-corrected chi connectivity index (χ1v) is 7.75. The van der Waals surface area contributed by atoms with Crippen molar-refractivity contribution in [2.75, 3.05) is 59.9 Å². The summed E-state index contributed by atoms with van der Waals surface area (Å²) < 4.78 is 0. The molecule has 0 amide bonds. The van der Waals surface area contributed by atoms with E-state index in [-0.39, 0.29) is 5.41 Å². The quantitative estimate of drug-likeness (QED) is 0.513. The van der Waals surface area contributed by atoms with E-state index in [1.165, 1.54) is 32.7 Å². The number of amidine groups is 1. The summed E-state index contributed by atoms with van der Waals surface area (Å²) in [4.78, 5) is 7.34. The van der Waals surface area contributed by atoms with E-state index in [1.54, 1.807) is 0 Å². The lowest BCUT2D eigenvalue weighted by Gasteiger charge is -2.35. The van der Waals surface area contributed by atoms with Crippen molar-refractivity contribution in [3.8, 4) is 0 Å². The van der Waals surface area contributed by atoms with Crippen molar-refractivity contribution in [3.63, 3.8) is 0 Å². The molecule has 3 N–H and O–H groups in total. The Morgan fingerprint density at radius 2 is 1.60 bits per heavy atom. The number of nitrogens with zero attached hydrogens (tertiary/aromatic N) is 3. The van der Waals surface area contributed by atoms with Gasteiger partial charge in [0.15, 0.2) is 0 Å². The molecule has 1 rings (SSSR count). The molecule has 1 fully saturated rings. The summed E-state index contributed by atoms with van der Waals surface area (Å²) >= 11 is 0. The van der Waals surface area contributed by atoms with Crippen LogP contribution in [0.5, 0.6) is 0 Å². The van der Waals surface area contributed by atoms with E-state index >= 15 is 0 Å². The van der Waals surface area contributed by atoms with Gasteiger partial charge in [0, 0.05) is 44.7 Å². The van der Waals surface area contributed by atoms with Crippen LogP contribution in [0.3, 0.4) is 0 Å². The Morgan fingerprint density at radius 1 is 1.10 bits per heavy atom. The molecule has 20 heavy (non-hydrogen) atoms. The first-order valence-electron chi connectivity index (χ1n) is 7.75. The van der Waals surface area contributed by atoms with Gasteiger partial charge in [-0.05, 0) is 33.5 Å². The van der Waals surface area contributed by atoms with E-state index in [0.717, 1.165) is 25.9 Å². The predicted octanol–water partition coefficient (Wildman–Crippen LogP) is 0.908. The molecular weight excluding hydrogens is 250 g/mol. The normalized spacial score (nSPS) is 18.6. The summed E-state index contributed by atoms with van der Waals surface area (Å²) in [7, 11) is 4.26. The first kappa shape index (κ1) is 17.4. The van der Waals surface area contributed by atoms with Crippen LogP contribution in [0.25, 0.3) is 0 Å². The number of likely N-dealkylation sites (N-methyl/N-ethyl adjacent to an activating group) is 1. The summed E-state index contributed by atoms with van der Waals surface area (Å²) in [5, 5.41) is 7.58. The fourth-order valence-electron chi connectivity index (χ4n) is 2.46. The van der Waals surface area contributed by atoms with Crippen LogP contribution >= 0.6 is 0 Å². The molecule has 0 aromatic heterocycles. The zero-order valence-electron chi connectivity index (χ0n) is 13.8. The molecule has 0 atom stereocenters. The van der Waals surface area contributed by atoms with Crippen LogP contribution in [0.15, 0.2) is 0 Å². The van der Waals surface area contributed by atoms with Crippen LogP contribution in [0.1, 0.15) is 26.7 Å². The van der Waals surface area contributed by atoms with Gasteiger partial charge in [-0.25, -0.2) is 0 Å². The summed E-state index contributed by atoms with van der Waals surface area (Å²) in [5.74, 6) is 0.311. The van der Waals surface area contributed by atoms with Gasteiger partial charge in [-0.2, -0.15) is 0 Å². The van der Waals surface area contributed by atoms with Crippen LogP contribution in [-0.2, 0) is 0 Å². The van der Waals surface area contributed by atoms with E-state index in [4.69, 9.17) is 11.1 Å². The monoisotopic (exact) mass is 283 g/mol. The highest BCUT2D eigenvalue weighted by Gasteiger charge is 2.22. The van der Waals surface area contributed by atoms with Crippen molar-refractivity contribution in [3.05, 3.63) is 0 Å². The standard InChI is InChI=1S/C15H33N5/c1-15(2,14(16)17)6-5-7-19-10-12-20(13-11-19)9-8-18(3)4/h5-13H2,1-4H3,(H3,16,17). The Morgan fingerprint density at radius 3 is 2.05 bits per heavy atom. The number of nitrogens with one attached hydrogen (secondary N) is 1. The third-order valence-corrected chi connectivity index (χ3v) is 4.33. The number of nitrogens with two attached hydrogens (primary N) is 1. The van der Waals surface area contributed by atoms with Crippen molar-refractivity contribution >= 4 is 5.84 Å². The van der Waals surface area contributed by atoms with Gasteiger partial charge in [0.25, 0.3) is 0 Å². The molecule has 5 nitrogen and oxygen atoms in total. The van der Waals surface area contributed by atoms with Gasteiger partial charge in [0.1, 0.15) is 0 Å². The molecule has 0 bridgehead atoms. The predicted molar refractivity (Wildman–Crippen MR) is 86.4 cm³/mol. The summed E-state index contributed by atoms with van der Waals surface area (Å²) in [5.41, 5.74) is 5.48. The van der Waals surface area contributed by atoms with Crippen LogP contribution in [0.2, 0.25) is 0 Å². The average molecular weight is 283 g/mol. The molecule has 0 aromatic rings. The molecule has 118 valence electrons. The Kier molecular flexibility index (Phi) is 6.92. The van der Waals surface area contributed by atoms with Gasteiger partial charge in [-0.3, -0.25) is 10.3 Å².